The zero-order valence-electron chi connectivity index (χ0n) is 26.5. The van der Waals surface area contributed by atoms with E-state index in [-0.39, 0.29) is 16.4 Å². The quantitative estimate of drug-likeness (QED) is 0.166. The van der Waals surface area contributed by atoms with Crippen LogP contribution in [0.15, 0.2) is 113 Å². The molecule has 47 heavy (non-hydrogen) atoms. The average molecular weight is 676 g/mol. The van der Waals surface area contributed by atoms with Crippen LogP contribution in [0.4, 0.5) is 4.79 Å². The van der Waals surface area contributed by atoms with E-state index in [1.54, 1.807) is 24.3 Å². The van der Waals surface area contributed by atoms with Gasteiger partial charge in [-0.25, -0.2) is 22.9 Å². The third-order valence-electron chi connectivity index (χ3n) is 7.23. The Morgan fingerprint density at radius 2 is 1.34 bits per heavy atom. The summed E-state index contributed by atoms with van der Waals surface area (Å²) < 4.78 is 63.4. The van der Waals surface area contributed by atoms with Crippen molar-refractivity contribution in [1.29, 1.82) is 0 Å². The van der Waals surface area contributed by atoms with Crippen molar-refractivity contribution in [3.05, 3.63) is 131 Å². The first-order valence-electron chi connectivity index (χ1n) is 14.8. The van der Waals surface area contributed by atoms with Gasteiger partial charge in [0, 0.05) is 29.8 Å². The normalized spacial score (nSPS) is 11.3. The van der Waals surface area contributed by atoms with E-state index in [1.807, 2.05) is 61.0 Å². The van der Waals surface area contributed by atoms with Crippen LogP contribution in [-0.2, 0) is 37.7 Å². The summed E-state index contributed by atoms with van der Waals surface area (Å²) in [6.45, 7) is 7.90. The van der Waals surface area contributed by atoms with Crippen LogP contribution >= 0.6 is 0 Å². The summed E-state index contributed by atoms with van der Waals surface area (Å²) in [5.41, 5.74) is 6.97. The Morgan fingerprint density at radius 1 is 0.787 bits per heavy atom. The van der Waals surface area contributed by atoms with Crippen LogP contribution in [0.25, 0.3) is 16.9 Å². The standard InChI is InChI=1S/C28H29N3O4S.C7H8O3S/c1-4-26-29-27(23-8-6-5-7-9-23)21(3)31(26)24-14-12-22(13-15-24)18-19-35-28(32)30-36(33,34)25-16-10-20(2)11-17-25;1-6-2-4-7(5-3-6)11(8,9)10/h5-17H,4,18-19H2,1-3H3,(H,30,32);2-5H,1H3,(H,8,9,10). The van der Waals surface area contributed by atoms with Crippen LogP contribution in [0.2, 0.25) is 0 Å². The van der Waals surface area contributed by atoms with Crippen molar-refractivity contribution in [2.45, 2.75) is 50.3 Å². The Hall–Kier alpha value is -4.78. The molecular formula is C35H37N3O7S2. The van der Waals surface area contributed by atoms with Gasteiger partial charge in [0.1, 0.15) is 5.82 Å². The maximum Gasteiger partial charge on any atom is 0.421 e. The van der Waals surface area contributed by atoms with Gasteiger partial charge in [-0.1, -0.05) is 84.8 Å². The number of sulfonamides is 1. The van der Waals surface area contributed by atoms with Crippen molar-refractivity contribution in [3.63, 3.8) is 0 Å². The number of amides is 1. The summed E-state index contributed by atoms with van der Waals surface area (Å²) in [5.74, 6) is 0.980. The Labute approximate surface area is 275 Å². The van der Waals surface area contributed by atoms with Crippen LogP contribution in [0.1, 0.15) is 35.1 Å². The van der Waals surface area contributed by atoms with E-state index in [1.165, 1.54) is 24.3 Å². The van der Waals surface area contributed by atoms with Gasteiger partial charge in [0.2, 0.25) is 0 Å². The van der Waals surface area contributed by atoms with E-state index >= 15 is 0 Å². The van der Waals surface area contributed by atoms with Crippen molar-refractivity contribution in [2.75, 3.05) is 6.61 Å². The predicted octanol–water partition coefficient (Wildman–Crippen LogP) is 6.62. The van der Waals surface area contributed by atoms with E-state index in [0.29, 0.717) is 6.42 Å². The highest BCUT2D eigenvalue weighted by molar-refractivity contribution is 7.90. The van der Waals surface area contributed by atoms with Gasteiger partial charge in [-0.15, -0.1) is 0 Å². The minimum absolute atomic E-state index is 0.0114. The zero-order valence-corrected chi connectivity index (χ0v) is 28.2. The van der Waals surface area contributed by atoms with Gasteiger partial charge in [0.05, 0.1) is 22.1 Å². The van der Waals surface area contributed by atoms with Gasteiger partial charge in [-0.05, 0) is 62.7 Å². The highest BCUT2D eigenvalue weighted by atomic mass is 32.2. The van der Waals surface area contributed by atoms with Crippen LogP contribution in [0.3, 0.4) is 0 Å². The van der Waals surface area contributed by atoms with E-state index in [0.717, 1.165) is 51.6 Å². The van der Waals surface area contributed by atoms with Crippen molar-refractivity contribution in [1.82, 2.24) is 14.3 Å². The molecule has 0 saturated heterocycles. The molecule has 0 unspecified atom stereocenters. The largest absolute Gasteiger partial charge is 0.448 e. The molecule has 0 bridgehead atoms. The molecule has 1 heterocycles. The van der Waals surface area contributed by atoms with Crippen LogP contribution in [-0.4, -0.2) is 43.6 Å². The summed E-state index contributed by atoms with van der Waals surface area (Å²) >= 11 is 0. The Kier molecular flexibility index (Phi) is 11.3. The van der Waals surface area contributed by atoms with Gasteiger partial charge < -0.3 is 9.30 Å². The van der Waals surface area contributed by atoms with E-state index < -0.39 is 26.2 Å². The zero-order chi connectivity index (χ0) is 34.2. The summed E-state index contributed by atoms with van der Waals surface area (Å²) in [7, 11) is -7.99. The van der Waals surface area contributed by atoms with Crippen molar-refractivity contribution < 1.29 is 30.9 Å². The number of benzene rings is 4. The van der Waals surface area contributed by atoms with Crippen molar-refractivity contribution >= 4 is 26.2 Å². The van der Waals surface area contributed by atoms with Crippen molar-refractivity contribution in [2.24, 2.45) is 0 Å². The number of carbonyl (C=O) groups is 1. The second-order valence-electron chi connectivity index (χ2n) is 10.8. The molecule has 0 radical (unpaired) electrons. The summed E-state index contributed by atoms with van der Waals surface area (Å²) in [5, 5.41) is 0. The number of rotatable bonds is 9. The molecule has 12 heteroatoms. The fourth-order valence-corrected chi connectivity index (χ4v) is 6.08. The minimum atomic E-state index is -4.02. The molecule has 0 fully saturated rings. The molecule has 0 aliphatic rings. The highest BCUT2D eigenvalue weighted by Gasteiger charge is 2.19. The lowest BCUT2D eigenvalue weighted by Crippen LogP contribution is -2.31. The van der Waals surface area contributed by atoms with Gasteiger partial charge >= 0.3 is 6.09 Å². The molecule has 0 aliphatic carbocycles. The summed E-state index contributed by atoms with van der Waals surface area (Å²) in [6.07, 6.45) is 0.253. The molecular weight excluding hydrogens is 639 g/mol. The van der Waals surface area contributed by atoms with Gasteiger partial charge in [-0.3, -0.25) is 4.55 Å². The first kappa shape index (κ1) is 35.1. The summed E-state index contributed by atoms with van der Waals surface area (Å²) in [4.78, 5) is 16.8. The molecule has 0 saturated carbocycles. The molecule has 0 atom stereocenters. The van der Waals surface area contributed by atoms with Gasteiger partial charge in [-0.2, -0.15) is 8.42 Å². The fraction of sp³-hybridized carbons (Fsp3) is 0.200. The van der Waals surface area contributed by atoms with Crippen LogP contribution in [0.5, 0.6) is 0 Å². The molecule has 5 rings (SSSR count). The predicted molar refractivity (Wildman–Crippen MR) is 181 cm³/mol. The summed E-state index contributed by atoms with van der Waals surface area (Å²) in [6, 6.07) is 30.3. The first-order chi connectivity index (χ1) is 22.3. The highest BCUT2D eigenvalue weighted by Crippen LogP contribution is 2.27. The number of carbonyl (C=O) groups excluding carboxylic acids is 1. The molecule has 5 aromatic rings. The number of ether oxygens (including phenoxy) is 1. The Morgan fingerprint density at radius 3 is 1.87 bits per heavy atom. The van der Waals surface area contributed by atoms with E-state index in [2.05, 4.69) is 30.5 Å². The number of nitrogens with one attached hydrogen (secondary N) is 1. The first-order valence-corrected chi connectivity index (χ1v) is 17.7. The number of hydrogen-bond acceptors (Lipinski definition) is 7. The number of aromatic nitrogens is 2. The van der Waals surface area contributed by atoms with Crippen LogP contribution < -0.4 is 4.72 Å². The topological polar surface area (TPSA) is 145 Å². The van der Waals surface area contributed by atoms with Gasteiger partial charge in [0.25, 0.3) is 20.1 Å². The smallest absolute Gasteiger partial charge is 0.421 e. The number of hydrogen-bond donors (Lipinski definition) is 2. The molecule has 4 aromatic carbocycles. The van der Waals surface area contributed by atoms with E-state index in [4.69, 9.17) is 14.3 Å². The van der Waals surface area contributed by atoms with E-state index in [9.17, 15) is 21.6 Å². The molecule has 1 aromatic heterocycles. The third-order valence-corrected chi connectivity index (χ3v) is 9.42. The SMILES string of the molecule is CCc1nc(-c2ccccc2)c(C)n1-c1ccc(CCOC(=O)NS(=O)(=O)c2ccc(C)cc2)cc1.Cc1ccc(S(=O)(=O)O)cc1. The number of imidazole rings is 1. The third kappa shape index (κ3) is 9.38. The number of aryl methyl sites for hydroxylation is 3. The Balaban J connectivity index is 0.000000385. The molecule has 2 N–H and O–H groups in total. The second kappa shape index (κ2) is 15.2. The fourth-order valence-electron chi connectivity index (χ4n) is 4.71. The van der Waals surface area contributed by atoms with Gasteiger partial charge in [0.15, 0.2) is 0 Å². The molecule has 10 nitrogen and oxygen atoms in total. The molecule has 1 amide bonds. The van der Waals surface area contributed by atoms with Crippen LogP contribution in [0, 0.1) is 20.8 Å². The lowest BCUT2D eigenvalue weighted by molar-refractivity contribution is 0.154. The molecule has 0 spiro atoms. The lowest BCUT2D eigenvalue weighted by Gasteiger charge is -2.11. The average Bonchev–Trinajstić information content (AvgIpc) is 3.38. The molecule has 0 aliphatic heterocycles. The minimum Gasteiger partial charge on any atom is -0.448 e. The maximum atomic E-state index is 12.3. The Bertz CT molecular complexity index is 2020. The second-order valence-corrected chi connectivity index (χ2v) is 13.9. The maximum absolute atomic E-state index is 12.3. The molecule has 246 valence electrons. The lowest BCUT2D eigenvalue weighted by atomic mass is 10.1. The van der Waals surface area contributed by atoms with Crippen molar-refractivity contribution in [3.8, 4) is 16.9 Å². The monoisotopic (exact) mass is 675 g/mol. The number of nitrogens with zero attached hydrogens (tertiary/aromatic N) is 2.